The van der Waals surface area contributed by atoms with Crippen LogP contribution in [0.2, 0.25) is 0 Å². The first-order chi connectivity index (χ1) is 8.47. The van der Waals surface area contributed by atoms with Crippen molar-refractivity contribution in [2.24, 2.45) is 0 Å². The van der Waals surface area contributed by atoms with Gasteiger partial charge in [-0.15, -0.1) is 0 Å². The standard InChI is InChI=1S/C14H22N2O2/c1-4-5-11-15(12-14(2,3)16(17)18)13-9-7-6-8-10-13/h6-10H,4-5,11-12H2,1-3H3. The van der Waals surface area contributed by atoms with Crippen LogP contribution in [0.4, 0.5) is 5.69 Å². The second-order valence-electron chi connectivity index (χ2n) is 5.18. The Kier molecular flexibility index (Phi) is 5.13. The van der Waals surface area contributed by atoms with Gasteiger partial charge in [0.1, 0.15) is 0 Å². The molecule has 0 N–H and O–H groups in total. The minimum Gasteiger partial charge on any atom is -0.364 e. The molecule has 0 amide bonds. The summed E-state index contributed by atoms with van der Waals surface area (Å²) in [5.74, 6) is 0. The molecule has 0 aromatic heterocycles. The number of hydrogen-bond acceptors (Lipinski definition) is 3. The third-order valence-electron chi connectivity index (χ3n) is 2.97. The maximum Gasteiger partial charge on any atom is 0.233 e. The quantitative estimate of drug-likeness (QED) is 0.550. The fraction of sp³-hybridized carbons (Fsp3) is 0.571. The molecule has 0 aliphatic rings. The van der Waals surface area contributed by atoms with Crippen LogP contribution in [0, 0.1) is 10.1 Å². The van der Waals surface area contributed by atoms with Crippen LogP contribution in [-0.2, 0) is 0 Å². The zero-order valence-electron chi connectivity index (χ0n) is 11.4. The van der Waals surface area contributed by atoms with Crippen LogP contribution in [0.25, 0.3) is 0 Å². The SMILES string of the molecule is CCCCN(CC(C)(C)[N+](=O)[O-])c1ccccc1. The Morgan fingerprint density at radius 1 is 1.28 bits per heavy atom. The smallest absolute Gasteiger partial charge is 0.233 e. The van der Waals surface area contributed by atoms with E-state index in [0.717, 1.165) is 25.1 Å². The molecule has 100 valence electrons. The fourth-order valence-electron chi connectivity index (χ4n) is 1.81. The first kappa shape index (κ1) is 14.5. The molecule has 1 aromatic rings. The molecule has 4 nitrogen and oxygen atoms in total. The van der Waals surface area contributed by atoms with E-state index < -0.39 is 5.54 Å². The summed E-state index contributed by atoms with van der Waals surface area (Å²) in [6.45, 7) is 6.77. The van der Waals surface area contributed by atoms with Crippen LogP contribution in [0.1, 0.15) is 33.6 Å². The average Bonchev–Trinajstić information content (AvgIpc) is 2.35. The Bertz CT molecular complexity index is 377. The second-order valence-corrected chi connectivity index (χ2v) is 5.18. The van der Waals surface area contributed by atoms with E-state index in [9.17, 15) is 10.1 Å². The van der Waals surface area contributed by atoms with Crippen molar-refractivity contribution in [3.8, 4) is 0 Å². The molecule has 1 rings (SSSR count). The van der Waals surface area contributed by atoms with Gasteiger partial charge in [-0.25, -0.2) is 0 Å². The molecule has 0 saturated heterocycles. The molecule has 0 radical (unpaired) electrons. The number of nitrogens with zero attached hydrogens (tertiary/aromatic N) is 2. The van der Waals surface area contributed by atoms with Crippen LogP contribution in [0.3, 0.4) is 0 Å². The van der Waals surface area contributed by atoms with Crippen molar-refractivity contribution in [1.29, 1.82) is 0 Å². The summed E-state index contributed by atoms with van der Waals surface area (Å²) in [5, 5.41) is 11.0. The third-order valence-corrected chi connectivity index (χ3v) is 2.97. The maximum atomic E-state index is 11.0. The van der Waals surface area contributed by atoms with Crippen molar-refractivity contribution in [3.05, 3.63) is 40.4 Å². The zero-order chi connectivity index (χ0) is 13.6. The van der Waals surface area contributed by atoms with Crippen molar-refractivity contribution >= 4 is 5.69 Å². The van der Waals surface area contributed by atoms with Crippen LogP contribution < -0.4 is 4.90 Å². The molecule has 0 saturated carbocycles. The molecule has 1 aromatic carbocycles. The minimum atomic E-state index is -0.927. The molecular formula is C14H22N2O2. The minimum absolute atomic E-state index is 0.200. The summed E-state index contributed by atoms with van der Waals surface area (Å²) < 4.78 is 0. The van der Waals surface area contributed by atoms with E-state index in [1.165, 1.54) is 0 Å². The zero-order valence-corrected chi connectivity index (χ0v) is 11.4. The average molecular weight is 250 g/mol. The maximum absolute atomic E-state index is 11.0. The Morgan fingerprint density at radius 2 is 1.89 bits per heavy atom. The van der Waals surface area contributed by atoms with Gasteiger partial charge in [0.05, 0.1) is 6.54 Å². The molecule has 4 heteroatoms. The summed E-state index contributed by atoms with van der Waals surface area (Å²) in [6.07, 6.45) is 2.13. The lowest BCUT2D eigenvalue weighted by atomic mass is 10.1. The first-order valence-electron chi connectivity index (χ1n) is 6.42. The number of benzene rings is 1. The van der Waals surface area contributed by atoms with Crippen LogP contribution >= 0.6 is 0 Å². The van der Waals surface area contributed by atoms with E-state index >= 15 is 0 Å². The van der Waals surface area contributed by atoms with Crippen LogP contribution in [0.15, 0.2) is 30.3 Å². The van der Waals surface area contributed by atoms with Gasteiger partial charge in [-0.05, 0) is 18.6 Å². The monoisotopic (exact) mass is 250 g/mol. The first-order valence-corrected chi connectivity index (χ1v) is 6.42. The lowest BCUT2D eigenvalue weighted by Crippen LogP contribution is -2.44. The fourth-order valence-corrected chi connectivity index (χ4v) is 1.81. The van der Waals surface area contributed by atoms with Crippen LogP contribution in [-0.4, -0.2) is 23.6 Å². The molecule has 0 bridgehead atoms. The van der Waals surface area contributed by atoms with Gasteiger partial charge < -0.3 is 4.90 Å². The summed E-state index contributed by atoms with van der Waals surface area (Å²) in [5.41, 5.74) is 0.129. The molecule has 0 aliphatic carbocycles. The Labute approximate surface area is 109 Å². The normalized spacial score (nSPS) is 11.3. The molecule has 0 atom stereocenters. The number of nitro groups is 1. The highest BCUT2D eigenvalue weighted by Crippen LogP contribution is 2.19. The van der Waals surface area contributed by atoms with Gasteiger partial charge in [0.15, 0.2) is 0 Å². The molecular weight excluding hydrogens is 228 g/mol. The summed E-state index contributed by atoms with van der Waals surface area (Å²) in [4.78, 5) is 12.9. The highest BCUT2D eigenvalue weighted by molar-refractivity contribution is 5.46. The highest BCUT2D eigenvalue weighted by Gasteiger charge is 2.33. The van der Waals surface area contributed by atoms with Crippen molar-refractivity contribution in [1.82, 2.24) is 0 Å². The number of para-hydroxylation sites is 1. The number of unbranched alkanes of at least 4 members (excludes halogenated alkanes) is 1. The van der Waals surface area contributed by atoms with E-state index in [1.807, 2.05) is 30.3 Å². The van der Waals surface area contributed by atoms with Gasteiger partial charge >= 0.3 is 0 Å². The van der Waals surface area contributed by atoms with Gasteiger partial charge in [-0.2, -0.15) is 0 Å². The van der Waals surface area contributed by atoms with Crippen molar-refractivity contribution in [3.63, 3.8) is 0 Å². The second kappa shape index (κ2) is 6.38. The van der Waals surface area contributed by atoms with E-state index in [4.69, 9.17) is 0 Å². The summed E-state index contributed by atoms with van der Waals surface area (Å²) in [7, 11) is 0. The lowest BCUT2D eigenvalue weighted by molar-refractivity contribution is -0.557. The molecule has 18 heavy (non-hydrogen) atoms. The summed E-state index contributed by atoms with van der Waals surface area (Å²) in [6, 6.07) is 9.90. The van der Waals surface area contributed by atoms with E-state index in [2.05, 4.69) is 11.8 Å². The lowest BCUT2D eigenvalue weighted by Gasteiger charge is -2.29. The van der Waals surface area contributed by atoms with Gasteiger partial charge in [0, 0.05) is 31.0 Å². The largest absolute Gasteiger partial charge is 0.364 e. The van der Waals surface area contributed by atoms with Crippen molar-refractivity contribution in [2.45, 2.75) is 39.2 Å². The molecule has 0 spiro atoms. The third kappa shape index (κ3) is 4.02. The molecule has 0 aliphatic heterocycles. The number of rotatable bonds is 7. The van der Waals surface area contributed by atoms with Gasteiger partial charge in [-0.3, -0.25) is 10.1 Å². The predicted octanol–water partition coefficient (Wildman–Crippen LogP) is 3.35. The van der Waals surface area contributed by atoms with E-state index in [-0.39, 0.29) is 4.92 Å². The Morgan fingerprint density at radius 3 is 2.39 bits per heavy atom. The van der Waals surface area contributed by atoms with Crippen molar-refractivity contribution in [2.75, 3.05) is 18.0 Å². The van der Waals surface area contributed by atoms with Gasteiger partial charge in [0.25, 0.3) is 0 Å². The predicted molar refractivity (Wildman–Crippen MR) is 74.6 cm³/mol. The number of hydrogen-bond donors (Lipinski definition) is 0. The summed E-state index contributed by atoms with van der Waals surface area (Å²) >= 11 is 0. The highest BCUT2D eigenvalue weighted by atomic mass is 16.6. The van der Waals surface area contributed by atoms with Gasteiger partial charge in [0.2, 0.25) is 5.54 Å². The number of anilines is 1. The molecule has 0 heterocycles. The Balaban J connectivity index is 2.83. The van der Waals surface area contributed by atoms with E-state index in [0.29, 0.717) is 6.54 Å². The van der Waals surface area contributed by atoms with E-state index in [1.54, 1.807) is 13.8 Å². The topological polar surface area (TPSA) is 46.4 Å². The van der Waals surface area contributed by atoms with Crippen LogP contribution in [0.5, 0.6) is 0 Å². The van der Waals surface area contributed by atoms with Gasteiger partial charge in [-0.1, -0.05) is 31.5 Å². The molecule has 0 fully saturated rings. The molecule has 0 unspecified atom stereocenters. The van der Waals surface area contributed by atoms with Crippen molar-refractivity contribution < 1.29 is 4.92 Å². The Hall–Kier alpha value is -1.58.